The second-order valence-electron chi connectivity index (χ2n) is 4.55. The van der Waals surface area contributed by atoms with Crippen molar-refractivity contribution in [3.63, 3.8) is 0 Å². The van der Waals surface area contributed by atoms with Gasteiger partial charge in [0.25, 0.3) is 0 Å². The summed E-state index contributed by atoms with van der Waals surface area (Å²) in [5.41, 5.74) is 1.77. The Bertz CT molecular complexity index is 551. The SMILES string of the molecule is CCNC(Cc1ccc(F)c(F)c1)c1coc(C)c1. The zero-order valence-electron chi connectivity index (χ0n) is 11.0. The molecule has 2 aromatic rings. The second kappa shape index (κ2) is 5.97. The monoisotopic (exact) mass is 265 g/mol. The molecule has 0 radical (unpaired) electrons. The highest BCUT2D eigenvalue weighted by Crippen LogP contribution is 2.21. The van der Waals surface area contributed by atoms with Gasteiger partial charge in [-0.3, -0.25) is 0 Å². The number of hydrogen-bond acceptors (Lipinski definition) is 2. The number of nitrogens with one attached hydrogen (secondary N) is 1. The summed E-state index contributed by atoms with van der Waals surface area (Å²) in [7, 11) is 0. The molecular formula is C15H17F2NO. The van der Waals surface area contributed by atoms with E-state index < -0.39 is 11.6 Å². The van der Waals surface area contributed by atoms with E-state index in [-0.39, 0.29) is 6.04 Å². The zero-order valence-corrected chi connectivity index (χ0v) is 11.0. The molecule has 0 bridgehead atoms. The van der Waals surface area contributed by atoms with E-state index in [4.69, 9.17) is 4.42 Å². The Hall–Kier alpha value is -1.68. The molecule has 2 rings (SSSR count). The highest BCUT2D eigenvalue weighted by Gasteiger charge is 2.14. The summed E-state index contributed by atoms with van der Waals surface area (Å²) < 4.78 is 31.4. The molecule has 0 amide bonds. The minimum absolute atomic E-state index is 0.0345. The highest BCUT2D eigenvalue weighted by atomic mass is 19.2. The van der Waals surface area contributed by atoms with E-state index in [0.29, 0.717) is 6.42 Å². The lowest BCUT2D eigenvalue weighted by atomic mass is 10.0. The third-order valence-corrected chi connectivity index (χ3v) is 3.03. The molecule has 1 atom stereocenters. The minimum Gasteiger partial charge on any atom is -0.469 e. The summed E-state index contributed by atoms with van der Waals surface area (Å²) in [5, 5.41) is 3.32. The summed E-state index contributed by atoms with van der Waals surface area (Å²) in [4.78, 5) is 0. The minimum atomic E-state index is -0.817. The highest BCUT2D eigenvalue weighted by molar-refractivity contribution is 5.23. The number of rotatable bonds is 5. The third-order valence-electron chi connectivity index (χ3n) is 3.03. The van der Waals surface area contributed by atoms with E-state index in [9.17, 15) is 8.78 Å². The van der Waals surface area contributed by atoms with Crippen molar-refractivity contribution < 1.29 is 13.2 Å². The van der Waals surface area contributed by atoms with Crippen LogP contribution in [0, 0.1) is 18.6 Å². The fourth-order valence-corrected chi connectivity index (χ4v) is 2.10. The van der Waals surface area contributed by atoms with Gasteiger partial charge in [-0.15, -0.1) is 0 Å². The van der Waals surface area contributed by atoms with Gasteiger partial charge in [0, 0.05) is 11.6 Å². The van der Waals surface area contributed by atoms with Crippen molar-refractivity contribution in [3.05, 3.63) is 59.1 Å². The van der Waals surface area contributed by atoms with E-state index >= 15 is 0 Å². The molecule has 0 aliphatic carbocycles. The van der Waals surface area contributed by atoms with Gasteiger partial charge in [0.2, 0.25) is 0 Å². The topological polar surface area (TPSA) is 25.2 Å². The van der Waals surface area contributed by atoms with Crippen LogP contribution in [-0.2, 0) is 6.42 Å². The van der Waals surface area contributed by atoms with Gasteiger partial charge in [0.05, 0.1) is 6.26 Å². The van der Waals surface area contributed by atoms with Crippen LogP contribution in [0.5, 0.6) is 0 Å². The lowest BCUT2D eigenvalue weighted by Gasteiger charge is -2.16. The molecule has 0 aliphatic heterocycles. The molecule has 1 N–H and O–H groups in total. The van der Waals surface area contributed by atoms with Crippen molar-refractivity contribution in [1.82, 2.24) is 5.32 Å². The maximum Gasteiger partial charge on any atom is 0.159 e. The summed E-state index contributed by atoms with van der Waals surface area (Å²) in [6, 6.07) is 6.00. The van der Waals surface area contributed by atoms with Gasteiger partial charge in [-0.25, -0.2) is 8.78 Å². The average Bonchev–Trinajstić information content (AvgIpc) is 2.80. The van der Waals surface area contributed by atoms with Crippen molar-refractivity contribution >= 4 is 0 Å². The standard InChI is InChI=1S/C15H17F2NO/c1-3-18-15(12-6-10(2)19-9-12)8-11-4-5-13(16)14(17)7-11/h4-7,9,15,18H,3,8H2,1-2H3. The number of aryl methyl sites for hydroxylation is 1. The summed E-state index contributed by atoms with van der Waals surface area (Å²) >= 11 is 0. The third kappa shape index (κ3) is 3.41. The van der Waals surface area contributed by atoms with Crippen LogP contribution in [0.15, 0.2) is 34.9 Å². The Labute approximate surface area is 111 Å². The number of furan rings is 1. The molecule has 0 fully saturated rings. The normalized spacial score (nSPS) is 12.6. The maximum atomic E-state index is 13.2. The van der Waals surface area contributed by atoms with Crippen molar-refractivity contribution in [1.29, 1.82) is 0 Å². The van der Waals surface area contributed by atoms with Gasteiger partial charge in [0.1, 0.15) is 5.76 Å². The lowest BCUT2D eigenvalue weighted by molar-refractivity contribution is 0.498. The molecule has 0 saturated heterocycles. The van der Waals surface area contributed by atoms with Crippen molar-refractivity contribution in [2.45, 2.75) is 26.3 Å². The molecule has 2 nitrogen and oxygen atoms in total. The van der Waals surface area contributed by atoms with E-state index in [1.54, 1.807) is 12.3 Å². The van der Waals surface area contributed by atoms with Gasteiger partial charge in [0.15, 0.2) is 11.6 Å². The molecule has 0 saturated carbocycles. The second-order valence-corrected chi connectivity index (χ2v) is 4.55. The molecule has 0 aliphatic rings. The predicted molar refractivity (Wildman–Crippen MR) is 69.9 cm³/mol. The van der Waals surface area contributed by atoms with Crippen LogP contribution in [0.25, 0.3) is 0 Å². The molecular weight excluding hydrogens is 248 g/mol. The lowest BCUT2D eigenvalue weighted by Crippen LogP contribution is -2.22. The Morgan fingerprint density at radius 2 is 2.00 bits per heavy atom. The molecule has 0 spiro atoms. The van der Waals surface area contributed by atoms with Crippen LogP contribution in [0.3, 0.4) is 0 Å². The van der Waals surface area contributed by atoms with Gasteiger partial charge in [-0.2, -0.15) is 0 Å². The van der Waals surface area contributed by atoms with Crippen molar-refractivity contribution in [3.8, 4) is 0 Å². The van der Waals surface area contributed by atoms with Gasteiger partial charge >= 0.3 is 0 Å². The number of benzene rings is 1. The fourth-order valence-electron chi connectivity index (χ4n) is 2.10. The first-order chi connectivity index (χ1) is 9.10. The van der Waals surface area contributed by atoms with E-state index in [1.807, 2.05) is 19.9 Å². The molecule has 4 heteroatoms. The van der Waals surface area contributed by atoms with E-state index in [0.717, 1.165) is 29.5 Å². The summed E-state index contributed by atoms with van der Waals surface area (Å²) in [5.74, 6) is -0.790. The Morgan fingerprint density at radius 3 is 2.58 bits per heavy atom. The predicted octanol–water partition coefficient (Wildman–Crippen LogP) is 3.76. The van der Waals surface area contributed by atoms with E-state index in [1.165, 1.54) is 6.07 Å². The van der Waals surface area contributed by atoms with Crippen LogP contribution in [0.4, 0.5) is 8.78 Å². The molecule has 19 heavy (non-hydrogen) atoms. The van der Waals surface area contributed by atoms with Gasteiger partial charge in [-0.05, 0) is 43.7 Å². The molecule has 102 valence electrons. The fraction of sp³-hybridized carbons (Fsp3) is 0.333. The molecule has 1 aromatic carbocycles. The Kier molecular flexibility index (Phi) is 4.32. The average molecular weight is 265 g/mol. The van der Waals surface area contributed by atoms with Crippen LogP contribution < -0.4 is 5.32 Å². The van der Waals surface area contributed by atoms with Crippen LogP contribution >= 0.6 is 0 Å². The Balaban J connectivity index is 2.18. The molecule has 1 unspecified atom stereocenters. The largest absolute Gasteiger partial charge is 0.469 e. The number of halogens is 2. The molecule has 1 heterocycles. The van der Waals surface area contributed by atoms with Gasteiger partial charge in [-0.1, -0.05) is 13.0 Å². The first kappa shape index (κ1) is 13.7. The molecule has 1 aromatic heterocycles. The Morgan fingerprint density at radius 1 is 1.21 bits per heavy atom. The first-order valence-electron chi connectivity index (χ1n) is 6.32. The van der Waals surface area contributed by atoms with E-state index in [2.05, 4.69) is 5.32 Å². The summed E-state index contributed by atoms with van der Waals surface area (Å²) in [6.07, 6.45) is 2.28. The quantitative estimate of drug-likeness (QED) is 0.890. The number of hydrogen-bond donors (Lipinski definition) is 1. The number of likely N-dealkylation sites (N-methyl/N-ethyl adjacent to an activating group) is 1. The van der Waals surface area contributed by atoms with Crippen molar-refractivity contribution in [2.24, 2.45) is 0 Å². The van der Waals surface area contributed by atoms with Gasteiger partial charge < -0.3 is 9.73 Å². The zero-order chi connectivity index (χ0) is 13.8. The summed E-state index contributed by atoms with van der Waals surface area (Å²) in [6.45, 7) is 4.67. The van der Waals surface area contributed by atoms with Crippen LogP contribution in [0.1, 0.15) is 29.9 Å². The van der Waals surface area contributed by atoms with Crippen molar-refractivity contribution in [2.75, 3.05) is 6.54 Å². The maximum absolute atomic E-state index is 13.2. The smallest absolute Gasteiger partial charge is 0.159 e. The van der Waals surface area contributed by atoms with Crippen LogP contribution in [0.2, 0.25) is 0 Å². The van der Waals surface area contributed by atoms with Crippen LogP contribution in [-0.4, -0.2) is 6.54 Å². The first-order valence-corrected chi connectivity index (χ1v) is 6.32.